The van der Waals surface area contributed by atoms with Gasteiger partial charge in [-0.1, -0.05) is 0 Å². The van der Waals surface area contributed by atoms with Crippen LogP contribution < -0.4 is 0 Å². The zero-order valence-corrected chi connectivity index (χ0v) is 9.68. The van der Waals surface area contributed by atoms with Gasteiger partial charge in [0.25, 0.3) is 5.91 Å². The predicted octanol–water partition coefficient (Wildman–Crippen LogP) is 0.183. The van der Waals surface area contributed by atoms with Gasteiger partial charge in [-0.05, 0) is 13.3 Å². The number of amides is 1. The van der Waals surface area contributed by atoms with Gasteiger partial charge >= 0.3 is 0 Å². The second kappa shape index (κ2) is 4.25. The average molecular weight is 223 g/mol. The van der Waals surface area contributed by atoms with Crippen molar-refractivity contribution < 1.29 is 9.90 Å². The Kier molecular flexibility index (Phi) is 2.96. The first-order valence-electron chi connectivity index (χ1n) is 5.52. The van der Waals surface area contributed by atoms with Crippen LogP contribution in [0.1, 0.15) is 22.5 Å². The Morgan fingerprint density at radius 1 is 1.69 bits per heavy atom. The van der Waals surface area contributed by atoms with Crippen LogP contribution in [0, 0.1) is 12.8 Å². The summed E-state index contributed by atoms with van der Waals surface area (Å²) in [7, 11) is 1.83. The molecule has 1 aromatic rings. The zero-order valence-electron chi connectivity index (χ0n) is 9.68. The van der Waals surface area contributed by atoms with E-state index in [2.05, 4.69) is 5.10 Å². The molecular formula is C11H17N3O2. The highest BCUT2D eigenvalue weighted by atomic mass is 16.3. The van der Waals surface area contributed by atoms with Crippen LogP contribution in [0.5, 0.6) is 0 Å². The Morgan fingerprint density at radius 3 is 2.94 bits per heavy atom. The predicted molar refractivity (Wildman–Crippen MR) is 59.0 cm³/mol. The molecule has 1 saturated heterocycles. The average Bonchev–Trinajstić information content (AvgIpc) is 2.87. The van der Waals surface area contributed by atoms with Crippen LogP contribution in [-0.2, 0) is 7.05 Å². The van der Waals surface area contributed by atoms with Crippen molar-refractivity contribution in [2.75, 3.05) is 19.7 Å². The lowest BCUT2D eigenvalue weighted by Crippen LogP contribution is -2.29. The Labute approximate surface area is 94.7 Å². The van der Waals surface area contributed by atoms with Crippen molar-refractivity contribution in [3.63, 3.8) is 0 Å². The van der Waals surface area contributed by atoms with E-state index in [0.29, 0.717) is 12.1 Å². The molecule has 1 fully saturated rings. The number of hydrogen-bond donors (Lipinski definition) is 1. The number of aliphatic hydroxyl groups excluding tert-OH is 1. The molecule has 1 amide bonds. The minimum atomic E-state index is 0.0292. The van der Waals surface area contributed by atoms with Crippen LogP contribution in [-0.4, -0.2) is 45.4 Å². The maximum Gasteiger partial charge on any atom is 0.257 e. The van der Waals surface area contributed by atoms with E-state index < -0.39 is 0 Å². The van der Waals surface area contributed by atoms with Crippen LogP contribution in [0.15, 0.2) is 6.20 Å². The second-order valence-corrected chi connectivity index (χ2v) is 4.36. The van der Waals surface area contributed by atoms with E-state index in [1.807, 2.05) is 14.0 Å². The maximum absolute atomic E-state index is 12.1. The van der Waals surface area contributed by atoms with Crippen molar-refractivity contribution in [3.05, 3.63) is 17.5 Å². The summed E-state index contributed by atoms with van der Waals surface area (Å²) >= 11 is 0. The summed E-state index contributed by atoms with van der Waals surface area (Å²) in [6.07, 6.45) is 2.51. The van der Waals surface area contributed by atoms with Crippen molar-refractivity contribution >= 4 is 5.91 Å². The monoisotopic (exact) mass is 223 g/mol. The number of hydrogen-bond acceptors (Lipinski definition) is 3. The zero-order chi connectivity index (χ0) is 11.7. The summed E-state index contributed by atoms with van der Waals surface area (Å²) in [6, 6.07) is 0. The van der Waals surface area contributed by atoms with Gasteiger partial charge in [0.15, 0.2) is 0 Å². The highest BCUT2D eigenvalue weighted by Gasteiger charge is 2.27. The Morgan fingerprint density at radius 2 is 2.44 bits per heavy atom. The molecule has 1 aliphatic heterocycles. The van der Waals surface area contributed by atoms with Gasteiger partial charge in [-0.15, -0.1) is 0 Å². The van der Waals surface area contributed by atoms with Crippen LogP contribution in [0.25, 0.3) is 0 Å². The number of carbonyl (C=O) groups is 1. The molecule has 0 aliphatic carbocycles. The van der Waals surface area contributed by atoms with Gasteiger partial charge in [0.1, 0.15) is 0 Å². The fourth-order valence-electron chi connectivity index (χ4n) is 2.05. The molecule has 0 saturated carbocycles. The number of carbonyl (C=O) groups excluding carboxylic acids is 1. The van der Waals surface area contributed by atoms with E-state index in [-0.39, 0.29) is 18.4 Å². The van der Waals surface area contributed by atoms with Crippen molar-refractivity contribution in [2.45, 2.75) is 13.3 Å². The molecule has 0 radical (unpaired) electrons. The molecule has 0 spiro atoms. The molecule has 1 unspecified atom stereocenters. The Hall–Kier alpha value is -1.36. The molecule has 1 N–H and O–H groups in total. The van der Waals surface area contributed by atoms with Gasteiger partial charge in [-0.2, -0.15) is 5.10 Å². The molecule has 0 aromatic carbocycles. The number of likely N-dealkylation sites (tertiary alicyclic amines) is 1. The first kappa shape index (κ1) is 11.1. The van der Waals surface area contributed by atoms with E-state index in [1.54, 1.807) is 15.8 Å². The third-order valence-corrected chi connectivity index (χ3v) is 3.30. The Bertz CT molecular complexity index is 400. The van der Waals surface area contributed by atoms with E-state index in [9.17, 15) is 4.79 Å². The molecule has 1 aliphatic rings. The molecule has 5 heteroatoms. The highest BCUT2D eigenvalue weighted by Crippen LogP contribution is 2.19. The number of rotatable bonds is 2. The number of aromatic nitrogens is 2. The molecular weight excluding hydrogens is 206 g/mol. The van der Waals surface area contributed by atoms with Gasteiger partial charge < -0.3 is 10.0 Å². The molecule has 1 aromatic heterocycles. The SMILES string of the molecule is Cc1c(C(=O)N2CCC(CO)C2)cnn1C. The van der Waals surface area contributed by atoms with Gasteiger partial charge in [0, 0.05) is 38.4 Å². The fourth-order valence-corrected chi connectivity index (χ4v) is 2.05. The van der Waals surface area contributed by atoms with Crippen LogP contribution in [0.2, 0.25) is 0 Å². The smallest absolute Gasteiger partial charge is 0.257 e. The number of nitrogens with zero attached hydrogens (tertiary/aromatic N) is 3. The third-order valence-electron chi connectivity index (χ3n) is 3.30. The summed E-state index contributed by atoms with van der Waals surface area (Å²) in [5.74, 6) is 0.266. The summed E-state index contributed by atoms with van der Waals surface area (Å²) in [5, 5.41) is 13.1. The van der Waals surface area contributed by atoms with Gasteiger partial charge in [-0.25, -0.2) is 0 Å². The topological polar surface area (TPSA) is 58.4 Å². The molecule has 1 atom stereocenters. The second-order valence-electron chi connectivity index (χ2n) is 4.36. The minimum absolute atomic E-state index is 0.0292. The molecule has 5 nitrogen and oxygen atoms in total. The van der Waals surface area contributed by atoms with E-state index in [4.69, 9.17) is 5.11 Å². The molecule has 16 heavy (non-hydrogen) atoms. The van der Waals surface area contributed by atoms with E-state index >= 15 is 0 Å². The van der Waals surface area contributed by atoms with Crippen LogP contribution in [0.4, 0.5) is 0 Å². The lowest BCUT2D eigenvalue weighted by molar-refractivity contribution is 0.0781. The lowest BCUT2D eigenvalue weighted by atomic mass is 10.1. The minimum Gasteiger partial charge on any atom is -0.396 e. The summed E-state index contributed by atoms with van der Waals surface area (Å²) in [4.78, 5) is 13.9. The third kappa shape index (κ3) is 1.82. The molecule has 2 rings (SSSR count). The van der Waals surface area contributed by atoms with E-state index in [1.165, 1.54) is 0 Å². The lowest BCUT2D eigenvalue weighted by Gasteiger charge is -2.15. The first-order chi connectivity index (χ1) is 7.63. The van der Waals surface area contributed by atoms with Gasteiger partial charge in [0.2, 0.25) is 0 Å². The van der Waals surface area contributed by atoms with Gasteiger partial charge in [-0.3, -0.25) is 9.48 Å². The molecule has 0 bridgehead atoms. The summed E-state index contributed by atoms with van der Waals surface area (Å²) in [5.41, 5.74) is 1.55. The normalized spacial score (nSPS) is 20.4. The first-order valence-corrected chi connectivity index (χ1v) is 5.52. The van der Waals surface area contributed by atoms with Crippen molar-refractivity contribution in [3.8, 4) is 0 Å². The van der Waals surface area contributed by atoms with Crippen molar-refractivity contribution in [2.24, 2.45) is 13.0 Å². The number of aliphatic hydroxyl groups is 1. The van der Waals surface area contributed by atoms with Gasteiger partial charge in [0.05, 0.1) is 11.8 Å². The molecule has 88 valence electrons. The summed E-state index contributed by atoms with van der Waals surface area (Å²) < 4.78 is 1.70. The van der Waals surface area contributed by atoms with E-state index in [0.717, 1.165) is 18.7 Å². The highest BCUT2D eigenvalue weighted by molar-refractivity contribution is 5.95. The Balaban J connectivity index is 2.12. The molecule has 2 heterocycles. The quantitative estimate of drug-likeness (QED) is 0.778. The van der Waals surface area contributed by atoms with Crippen LogP contribution in [0.3, 0.4) is 0 Å². The van der Waals surface area contributed by atoms with Crippen LogP contribution >= 0.6 is 0 Å². The largest absolute Gasteiger partial charge is 0.396 e. The summed E-state index contributed by atoms with van der Waals surface area (Å²) in [6.45, 7) is 3.44. The van der Waals surface area contributed by atoms with Crippen molar-refractivity contribution in [1.29, 1.82) is 0 Å². The van der Waals surface area contributed by atoms with Crippen molar-refractivity contribution in [1.82, 2.24) is 14.7 Å². The number of aryl methyl sites for hydroxylation is 1. The maximum atomic E-state index is 12.1. The standard InChI is InChI=1S/C11H17N3O2/c1-8-10(5-12-13(8)2)11(16)14-4-3-9(6-14)7-15/h5,9,15H,3-4,6-7H2,1-2H3. The fraction of sp³-hybridized carbons (Fsp3) is 0.636.